The quantitative estimate of drug-likeness (QED) is 0.526. The Morgan fingerprint density at radius 2 is 2.15 bits per heavy atom. The molecule has 0 spiro atoms. The van der Waals surface area contributed by atoms with E-state index in [0.717, 1.165) is 22.8 Å². The smallest absolute Gasteiger partial charge is 0.224 e. The van der Waals surface area contributed by atoms with Gasteiger partial charge in [-0.15, -0.1) is 12.4 Å². The summed E-state index contributed by atoms with van der Waals surface area (Å²) in [6.07, 6.45) is 4.92. The summed E-state index contributed by atoms with van der Waals surface area (Å²) in [5, 5.41) is 2.00. The summed E-state index contributed by atoms with van der Waals surface area (Å²) >= 11 is 6.42. The van der Waals surface area contributed by atoms with Gasteiger partial charge in [-0.1, -0.05) is 11.6 Å². The second-order valence-corrected chi connectivity index (χ2v) is 5.14. The molecule has 0 radical (unpaired) electrons. The third-order valence-electron chi connectivity index (χ3n) is 3.48. The van der Waals surface area contributed by atoms with Crippen molar-refractivity contribution in [1.29, 1.82) is 0 Å². The van der Waals surface area contributed by atoms with Gasteiger partial charge in [0.05, 0.1) is 0 Å². The fraction of sp³-hybridized carbons (Fsp3) is 0.286. The third kappa shape index (κ3) is 2.53. The number of nitrogen functional groups attached to an aromatic ring is 1. The van der Waals surface area contributed by atoms with Crippen LogP contribution in [0, 0.1) is 0 Å². The normalized spacial score (nSPS) is 16.2. The molecule has 2 N–H and O–H groups in total. The van der Waals surface area contributed by atoms with Crippen molar-refractivity contribution in [1.82, 2.24) is 9.88 Å². The summed E-state index contributed by atoms with van der Waals surface area (Å²) < 4.78 is 0. The van der Waals surface area contributed by atoms with Gasteiger partial charge >= 0.3 is 0 Å². The number of hydrogen-bond acceptors (Lipinski definition) is 3. The van der Waals surface area contributed by atoms with Crippen molar-refractivity contribution in [2.45, 2.75) is 18.3 Å². The molecule has 1 fully saturated rings. The van der Waals surface area contributed by atoms with Crippen LogP contribution >= 0.6 is 24.0 Å². The zero-order chi connectivity index (χ0) is 13.4. The topological polar surface area (TPSA) is 59.2 Å². The minimum atomic E-state index is -0.500. The Labute approximate surface area is 128 Å². The van der Waals surface area contributed by atoms with Gasteiger partial charge in [-0.3, -0.25) is 9.78 Å². The van der Waals surface area contributed by atoms with Crippen LogP contribution < -0.4 is 5.73 Å². The maximum atomic E-state index is 11.8. The third-order valence-corrected chi connectivity index (χ3v) is 3.95. The highest BCUT2D eigenvalue weighted by atomic mass is 35.5. The summed E-state index contributed by atoms with van der Waals surface area (Å²) in [6.45, 7) is 0.692. The van der Waals surface area contributed by atoms with E-state index in [2.05, 4.69) is 4.98 Å². The molecule has 3 rings (SSSR count). The van der Waals surface area contributed by atoms with Crippen molar-refractivity contribution >= 4 is 46.4 Å². The SMILES string of the molecule is Cl.Nc1cc2ccncc2cc1C(Cl)N1CCCC1=O. The summed E-state index contributed by atoms with van der Waals surface area (Å²) in [6, 6.07) is 5.70. The Morgan fingerprint density at radius 1 is 1.35 bits per heavy atom. The summed E-state index contributed by atoms with van der Waals surface area (Å²) in [5.74, 6) is 0.0886. The predicted molar refractivity (Wildman–Crippen MR) is 82.9 cm³/mol. The van der Waals surface area contributed by atoms with Crippen LogP contribution in [-0.4, -0.2) is 22.3 Å². The molecule has 106 valence electrons. The van der Waals surface area contributed by atoms with Crippen LogP contribution in [0.15, 0.2) is 30.6 Å². The average molecular weight is 312 g/mol. The first-order valence-electron chi connectivity index (χ1n) is 6.23. The zero-order valence-corrected chi connectivity index (χ0v) is 12.3. The number of likely N-dealkylation sites (tertiary alicyclic amines) is 1. The number of alkyl halides is 1. The fourth-order valence-electron chi connectivity index (χ4n) is 2.45. The predicted octanol–water partition coefficient (Wildman–Crippen LogP) is 3.10. The van der Waals surface area contributed by atoms with Crippen LogP contribution in [0.2, 0.25) is 0 Å². The van der Waals surface area contributed by atoms with Gasteiger partial charge in [0.1, 0.15) is 5.50 Å². The molecule has 1 amide bonds. The number of halogens is 2. The number of carbonyl (C=O) groups is 1. The molecule has 2 aromatic rings. The van der Waals surface area contributed by atoms with Gasteiger partial charge in [-0.05, 0) is 30.0 Å². The van der Waals surface area contributed by atoms with Crippen LogP contribution in [0.1, 0.15) is 23.9 Å². The molecule has 0 bridgehead atoms. The van der Waals surface area contributed by atoms with E-state index in [-0.39, 0.29) is 18.3 Å². The molecule has 6 heteroatoms. The first-order valence-corrected chi connectivity index (χ1v) is 6.67. The Morgan fingerprint density at radius 3 is 2.85 bits per heavy atom. The minimum absolute atomic E-state index is 0. The molecule has 1 aliphatic rings. The number of nitrogens with two attached hydrogens (primary N) is 1. The van der Waals surface area contributed by atoms with Crippen molar-refractivity contribution in [3.05, 3.63) is 36.2 Å². The van der Waals surface area contributed by atoms with Crippen LogP contribution in [0.4, 0.5) is 5.69 Å². The Bertz CT molecular complexity index is 647. The first kappa shape index (κ1) is 14.9. The molecule has 1 aromatic carbocycles. The lowest BCUT2D eigenvalue weighted by atomic mass is 10.1. The molecule has 1 unspecified atom stereocenters. The van der Waals surface area contributed by atoms with E-state index in [4.69, 9.17) is 17.3 Å². The standard InChI is InChI=1S/C14H14ClN3O.ClH/c15-14(18-5-1-2-13(18)19)11-6-10-8-17-4-3-9(10)7-12(11)16;/h3-4,6-8,14H,1-2,5,16H2;1H. The maximum Gasteiger partial charge on any atom is 0.224 e. The van der Waals surface area contributed by atoms with Gasteiger partial charge in [0.15, 0.2) is 0 Å². The maximum absolute atomic E-state index is 11.8. The molecule has 1 saturated heterocycles. The van der Waals surface area contributed by atoms with Crippen LogP contribution in [0.25, 0.3) is 10.8 Å². The highest BCUT2D eigenvalue weighted by Crippen LogP contribution is 2.34. The van der Waals surface area contributed by atoms with Crippen molar-refractivity contribution in [3.63, 3.8) is 0 Å². The van der Waals surface area contributed by atoms with E-state index in [1.165, 1.54) is 0 Å². The van der Waals surface area contributed by atoms with Crippen molar-refractivity contribution in [2.24, 2.45) is 0 Å². The van der Waals surface area contributed by atoms with Gasteiger partial charge < -0.3 is 10.6 Å². The second kappa shape index (κ2) is 5.85. The van der Waals surface area contributed by atoms with Crippen LogP contribution in [0.3, 0.4) is 0 Å². The number of fused-ring (bicyclic) bond motifs is 1. The van der Waals surface area contributed by atoms with Crippen molar-refractivity contribution < 1.29 is 4.79 Å². The van der Waals surface area contributed by atoms with Gasteiger partial charge in [0.25, 0.3) is 0 Å². The number of aromatic nitrogens is 1. The Balaban J connectivity index is 0.00000147. The highest BCUT2D eigenvalue weighted by molar-refractivity contribution is 6.22. The van der Waals surface area contributed by atoms with E-state index in [1.54, 1.807) is 17.3 Å². The fourth-order valence-corrected chi connectivity index (χ4v) is 2.85. The lowest BCUT2D eigenvalue weighted by Gasteiger charge is -2.24. The Kier molecular flexibility index (Phi) is 4.35. The molecular formula is C14H15Cl2N3O. The van der Waals surface area contributed by atoms with E-state index < -0.39 is 5.50 Å². The number of amides is 1. The van der Waals surface area contributed by atoms with E-state index >= 15 is 0 Å². The molecule has 0 saturated carbocycles. The highest BCUT2D eigenvalue weighted by Gasteiger charge is 2.28. The number of pyridine rings is 1. The lowest BCUT2D eigenvalue weighted by molar-refractivity contribution is -0.128. The zero-order valence-electron chi connectivity index (χ0n) is 10.8. The molecule has 1 aromatic heterocycles. The minimum Gasteiger partial charge on any atom is -0.398 e. The number of benzene rings is 1. The molecule has 1 aliphatic heterocycles. The number of anilines is 1. The molecule has 2 heterocycles. The van der Waals surface area contributed by atoms with Gasteiger partial charge in [-0.25, -0.2) is 0 Å². The first-order chi connectivity index (χ1) is 9.16. The van der Waals surface area contributed by atoms with Crippen molar-refractivity contribution in [3.8, 4) is 0 Å². The molecule has 1 atom stereocenters. The molecule has 4 nitrogen and oxygen atoms in total. The molecule has 20 heavy (non-hydrogen) atoms. The molecular weight excluding hydrogens is 297 g/mol. The molecule has 0 aliphatic carbocycles. The number of nitrogens with zero attached hydrogens (tertiary/aromatic N) is 2. The second-order valence-electron chi connectivity index (χ2n) is 4.73. The van der Waals surface area contributed by atoms with Gasteiger partial charge in [-0.2, -0.15) is 0 Å². The average Bonchev–Trinajstić information content (AvgIpc) is 2.83. The van der Waals surface area contributed by atoms with Crippen molar-refractivity contribution in [2.75, 3.05) is 12.3 Å². The summed E-state index contributed by atoms with van der Waals surface area (Å²) in [4.78, 5) is 17.5. The monoisotopic (exact) mass is 311 g/mol. The van der Waals surface area contributed by atoms with Crippen LogP contribution in [0.5, 0.6) is 0 Å². The van der Waals surface area contributed by atoms with Crippen LogP contribution in [-0.2, 0) is 4.79 Å². The number of hydrogen-bond donors (Lipinski definition) is 1. The summed E-state index contributed by atoms with van der Waals surface area (Å²) in [5.41, 5.74) is 6.94. The van der Waals surface area contributed by atoms with E-state index in [1.807, 2.05) is 18.2 Å². The Hall–Kier alpha value is -1.52. The number of carbonyl (C=O) groups excluding carboxylic acids is 1. The van der Waals surface area contributed by atoms with Gasteiger partial charge in [0.2, 0.25) is 5.91 Å². The lowest BCUT2D eigenvalue weighted by Crippen LogP contribution is -2.27. The summed E-state index contributed by atoms with van der Waals surface area (Å²) in [7, 11) is 0. The van der Waals surface area contributed by atoms with E-state index in [0.29, 0.717) is 18.7 Å². The van der Waals surface area contributed by atoms with E-state index in [9.17, 15) is 4.79 Å². The number of rotatable bonds is 2. The largest absolute Gasteiger partial charge is 0.398 e. The van der Waals surface area contributed by atoms with Gasteiger partial charge in [0, 0.05) is 42.0 Å².